The second-order valence-corrected chi connectivity index (χ2v) is 7.64. The second kappa shape index (κ2) is 8.76. The molecule has 0 spiro atoms. The van der Waals surface area contributed by atoms with Crippen LogP contribution in [0.3, 0.4) is 0 Å². The fourth-order valence-corrected chi connectivity index (χ4v) is 3.79. The van der Waals surface area contributed by atoms with Crippen molar-refractivity contribution in [2.75, 3.05) is 5.73 Å². The maximum atomic E-state index is 13.5. The molecule has 9 heteroatoms. The second-order valence-electron chi connectivity index (χ2n) is 7.21. The number of nitrogens with two attached hydrogens (primary N) is 1. The molecule has 162 valence electrons. The minimum Gasteiger partial charge on any atom is -0.382 e. The Morgan fingerprint density at radius 3 is 2.66 bits per heavy atom. The maximum Gasteiger partial charge on any atom is 0.263 e. The summed E-state index contributed by atoms with van der Waals surface area (Å²) in [6.07, 6.45) is 3.61. The number of benzene rings is 2. The summed E-state index contributed by atoms with van der Waals surface area (Å²) in [5.41, 5.74) is 9.09. The number of imidazole rings is 1. The predicted octanol–water partition coefficient (Wildman–Crippen LogP) is 4.59. The van der Waals surface area contributed by atoms with Gasteiger partial charge in [-0.25, -0.2) is 19.3 Å². The van der Waals surface area contributed by atoms with Gasteiger partial charge in [0.05, 0.1) is 17.4 Å². The Morgan fingerprint density at radius 1 is 1.12 bits per heavy atom. The number of halogens is 2. The number of aromatic nitrogens is 5. The Kier molecular flexibility index (Phi) is 5.87. The van der Waals surface area contributed by atoms with Gasteiger partial charge in [-0.3, -0.25) is 9.36 Å². The average molecular weight is 451 g/mol. The highest BCUT2D eigenvalue weighted by Gasteiger charge is 2.11. The minimum absolute atomic E-state index is 0.226. The average Bonchev–Trinajstić information content (AvgIpc) is 3.24. The third-order valence-corrected chi connectivity index (χ3v) is 5.18. The van der Waals surface area contributed by atoms with E-state index in [4.69, 9.17) is 17.3 Å². The van der Waals surface area contributed by atoms with Crippen LogP contribution in [0, 0.1) is 12.7 Å². The van der Waals surface area contributed by atoms with Gasteiger partial charge in [-0.05, 0) is 60.7 Å². The first-order valence-corrected chi connectivity index (χ1v) is 10.3. The lowest BCUT2D eigenvalue weighted by Crippen LogP contribution is -2.22. The van der Waals surface area contributed by atoms with Crippen molar-refractivity contribution >= 4 is 39.4 Å². The van der Waals surface area contributed by atoms with Crippen LogP contribution in [0.2, 0.25) is 5.02 Å². The summed E-state index contributed by atoms with van der Waals surface area (Å²) in [4.78, 5) is 27.2. The van der Waals surface area contributed by atoms with E-state index in [0.717, 1.165) is 16.6 Å². The normalized spacial score (nSPS) is 10.9. The van der Waals surface area contributed by atoms with Crippen LogP contribution in [0.15, 0.2) is 59.9 Å². The van der Waals surface area contributed by atoms with Crippen molar-refractivity contribution in [2.45, 2.75) is 20.3 Å². The quantitative estimate of drug-likeness (QED) is 0.409. The molecular formula is C23H20ClFN6O. The summed E-state index contributed by atoms with van der Waals surface area (Å²) in [5.74, 6) is 0.0187. The smallest absolute Gasteiger partial charge is 0.263 e. The molecule has 0 aliphatic carbocycles. The molecule has 0 unspecified atom stereocenters. The first-order valence-electron chi connectivity index (χ1n) is 9.88. The molecule has 5 aromatic rings. The van der Waals surface area contributed by atoms with Crippen LogP contribution < -0.4 is 11.3 Å². The van der Waals surface area contributed by atoms with Gasteiger partial charge in [0, 0.05) is 10.7 Å². The summed E-state index contributed by atoms with van der Waals surface area (Å²) in [7, 11) is 0. The van der Waals surface area contributed by atoms with Crippen LogP contribution in [-0.4, -0.2) is 24.5 Å². The number of H-pyrrole nitrogens is 1. The third-order valence-electron chi connectivity index (χ3n) is 4.96. The Morgan fingerprint density at radius 2 is 1.94 bits per heavy atom. The fraction of sp³-hybridized carbons (Fsp3) is 0.130. The number of nitrogens with one attached hydrogen (secondary N) is 1. The highest BCUT2D eigenvalue weighted by molar-refractivity contribution is 6.30. The molecule has 0 saturated carbocycles. The van der Waals surface area contributed by atoms with E-state index in [1.807, 2.05) is 32.0 Å². The summed E-state index contributed by atoms with van der Waals surface area (Å²) in [6, 6.07) is 11.7. The lowest BCUT2D eigenvalue weighted by molar-refractivity contribution is 0.629. The van der Waals surface area contributed by atoms with E-state index in [1.54, 1.807) is 16.7 Å². The standard InChI is InChI=1S/C18H15ClFNO.C5H5N5/c1-3-15-8-12-4-5-14(20)10-17(12)18(22)21(15)16-7-11(2)6-13(19)9-16;6-4-3-5(9-1-7-3)10-2-8-4/h4-10H,3H2,1-2H3;1-2H,(H3,6,7,8,9,10). The Hall–Kier alpha value is -3.78. The summed E-state index contributed by atoms with van der Waals surface area (Å²) < 4.78 is 15.1. The molecule has 2 aromatic carbocycles. The summed E-state index contributed by atoms with van der Waals surface area (Å²) in [5, 5.41) is 1.69. The molecule has 0 saturated heterocycles. The van der Waals surface area contributed by atoms with Gasteiger partial charge >= 0.3 is 0 Å². The zero-order valence-electron chi connectivity index (χ0n) is 17.4. The number of hydrogen-bond donors (Lipinski definition) is 2. The number of anilines is 1. The molecule has 0 fully saturated rings. The SMILES string of the molecule is CCc1cc2ccc(F)cc2c(=O)n1-c1cc(C)cc(Cl)c1.Nc1ncnc2nc[nH]c12. The van der Waals surface area contributed by atoms with Gasteiger partial charge in [-0.1, -0.05) is 24.6 Å². The molecule has 0 aliphatic heterocycles. The van der Waals surface area contributed by atoms with Crippen molar-refractivity contribution in [1.29, 1.82) is 0 Å². The third kappa shape index (κ3) is 4.17. The van der Waals surface area contributed by atoms with E-state index in [-0.39, 0.29) is 5.56 Å². The molecule has 0 aliphatic rings. The van der Waals surface area contributed by atoms with Gasteiger partial charge in [0.1, 0.15) is 17.7 Å². The van der Waals surface area contributed by atoms with E-state index in [1.165, 1.54) is 24.8 Å². The molecule has 0 bridgehead atoms. The summed E-state index contributed by atoms with van der Waals surface area (Å²) >= 11 is 6.12. The fourth-order valence-electron chi connectivity index (χ4n) is 3.51. The lowest BCUT2D eigenvalue weighted by atomic mass is 10.1. The molecule has 0 amide bonds. The topological polar surface area (TPSA) is 102 Å². The number of nitrogens with zero attached hydrogens (tertiary/aromatic N) is 4. The number of nitrogen functional groups attached to an aromatic ring is 1. The monoisotopic (exact) mass is 450 g/mol. The molecule has 3 heterocycles. The number of pyridine rings is 1. The molecule has 3 aromatic heterocycles. The van der Waals surface area contributed by atoms with Gasteiger partial charge in [0.2, 0.25) is 0 Å². The van der Waals surface area contributed by atoms with Crippen molar-refractivity contribution in [2.24, 2.45) is 0 Å². The van der Waals surface area contributed by atoms with Crippen LogP contribution in [0.1, 0.15) is 18.2 Å². The molecule has 0 atom stereocenters. The molecule has 32 heavy (non-hydrogen) atoms. The molecule has 5 rings (SSSR count). The van der Waals surface area contributed by atoms with E-state index >= 15 is 0 Å². The Bertz CT molecular complexity index is 1470. The molecule has 3 N–H and O–H groups in total. The molecule has 0 radical (unpaired) electrons. The van der Waals surface area contributed by atoms with Crippen molar-refractivity contribution in [3.63, 3.8) is 0 Å². The van der Waals surface area contributed by atoms with Gasteiger partial charge < -0.3 is 10.7 Å². The van der Waals surface area contributed by atoms with E-state index in [0.29, 0.717) is 39.5 Å². The van der Waals surface area contributed by atoms with Crippen LogP contribution in [0.25, 0.3) is 27.6 Å². The van der Waals surface area contributed by atoms with Crippen LogP contribution in [-0.2, 0) is 6.42 Å². The zero-order valence-corrected chi connectivity index (χ0v) is 18.2. The first kappa shape index (κ1) is 21.5. The van der Waals surface area contributed by atoms with Crippen molar-refractivity contribution in [3.8, 4) is 5.69 Å². The van der Waals surface area contributed by atoms with Gasteiger partial charge in [0.15, 0.2) is 11.5 Å². The number of aryl methyl sites for hydroxylation is 2. The van der Waals surface area contributed by atoms with Crippen LogP contribution in [0.5, 0.6) is 0 Å². The van der Waals surface area contributed by atoms with E-state index < -0.39 is 5.82 Å². The van der Waals surface area contributed by atoms with E-state index in [2.05, 4.69) is 19.9 Å². The van der Waals surface area contributed by atoms with Crippen molar-refractivity contribution < 1.29 is 4.39 Å². The van der Waals surface area contributed by atoms with Crippen molar-refractivity contribution in [1.82, 2.24) is 24.5 Å². The number of hydrogen-bond acceptors (Lipinski definition) is 5. The van der Waals surface area contributed by atoms with Crippen LogP contribution >= 0.6 is 11.6 Å². The molecule has 7 nitrogen and oxygen atoms in total. The van der Waals surface area contributed by atoms with Gasteiger partial charge in [-0.2, -0.15) is 0 Å². The van der Waals surface area contributed by atoms with Gasteiger partial charge in [-0.15, -0.1) is 0 Å². The highest BCUT2D eigenvalue weighted by Crippen LogP contribution is 2.21. The van der Waals surface area contributed by atoms with Gasteiger partial charge in [0.25, 0.3) is 5.56 Å². The molecular weight excluding hydrogens is 431 g/mol. The number of rotatable bonds is 2. The van der Waals surface area contributed by atoms with Crippen LogP contribution in [0.4, 0.5) is 10.2 Å². The lowest BCUT2D eigenvalue weighted by Gasteiger charge is -2.14. The number of fused-ring (bicyclic) bond motifs is 2. The largest absolute Gasteiger partial charge is 0.382 e. The Labute approximate surface area is 187 Å². The first-order chi connectivity index (χ1) is 15.4. The minimum atomic E-state index is -0.414. The van der Waals surface area contributed by atoms with Crippen molar-refractivity contribution in [3.05, 3.63) is 87.6 Å². The number of aromatic amines is 1. The zero-order chi connectivity index (χ0) is 22.8. The Balaban J connectivity index is 0.000000203. The maximum absolute atomic E-state index is 13.5. The predicted molar refractivity (Wildman–Crippen MR) is 125 cm³/mol. The highest BCUT2D eigenvalue weighted by atomic mass is 35.5. The van der Waals surface area contributed by atoms with E-state index in [9.17, 15) is 9.18 Å². The summed E-state index contributed by atoms with van der Waals surface area (Å²) in [6.45, 7) is 3.91.